The number of aliphatic carboxylic acids is 1. The number of methoxy groups -OCH3 is 1. The van der Waals surface area contributed by atoms with Crippen LogP contribution in [0.1, 0.15) is 49.3 Å². The van der Waals surface area contributed by atoms with Crippen LogP contribution in [0.5, 0.6) is 5.75 Å². The number of nitrogens with zero attached hydrogens (tertiary/aromatic N) is 1. The second kappa shape index (κ2) is 6.06. The van der Waals surface area contributed by atoms with Gasteiger partial charge in [0.05, 0.1) is 13.5 Å². The minimum atomic E-state index is -0.687. The van der Waals surface area contributed by atoms with E-state index in [1.165, 1.54) is 17.5 Å². The molecule has 2 unspecified atom stereocenters. The fourth-order valence-electron chi connectivity index (χ4n) is 3.91. The Morgan fingerprint density at radius 1 is 1.38 bits per heavy atom. The van der Waals surface area contributed by atoms with Crippen molar-refractivity contribution in [2.24, 2.45) is 0 Å². The largest absolute Gasteiger partial charge is 0.497 e. The third kappa shape index (κ3) is 2.91. The Kier molecular flexibility index (Phi) is 4.15. The molecule has 2 atom stereocenters. The van der Waals surface area contributed by atoms with Gasteiger partial charge in [0.2, 0.25) is 0 Å². The second-order valence-electron chi connectivity index (χ2n) is 6.10. The quantitative estimate of drug-likeness (QED) is 0.925. The van der Waals surface area contributed by atoms with Crippen LogP contribution in [0.3, 0.4) is 0 Å². The molecule has 21 heavy (non-hydrogen) atoms. The van der Waals surface area contributed by atoms with Crippen molar-refractivity contribution in [3.05, 3.63) is 29.3 Å². The highest BCUT2D eigenvalue weighted by molar-refractivity contribution is 5.67. The molecule has 2 aliphatic rings. The van der Waals surface area contributed by atoms with Gasteiger partial charge in [-0.05, 0) is 61.9 Å². The topological polar surface area (TPSA) is 49.8 Å². The molecule has 0 radical (unpaired) electrons. The number of hydrogen-bond acceptors (Lipinski definition) is 3. The van der Waals surface area contributed by atoms with Gasteiger partial charge in [-0.2, -0.15) is 0 Å². The van der Waals surface area contributed by atoms with E-state index >= 15 is 0 Å². The number of aryl methyl sites for hydroxylation is 1. The molecule has 1 N–H and O–H groups in total. The number of rotatable bonds is 4. The van der Waals surface area contributed by atoms with E-state index in [2.05, 4.69) is 17.0 Å². The number of carboxylic acids is 1. The van der Waals surface area contributed by atoms with Crippen LogP contribution in [-0.4, -0.2) is 35.7 Å². The fraction of sp³-hybridized carbons (Fsp3) is 0.588. The van der Waals surface area contributed by atoms with E-state index in [-0.39, 0.29) is 12.5 Å². The number of ether oxygens (including phenoxy) is 1. The Bertz CT molecular complexity index is 529. The van der Waals surface area contributed by atoms with Gasteiger partial charge in [-0.15, -0.1) is 0 Å². The smallest absolute Gasteiger partial charge is 0.304 e. The van der Waals surface area contributed by atoms with Crippen LogP contribution in [0, 0.1) is 0 Å². The lowest BCUT2D eigenvalue weighted by atomic mass is 9.86. The Labute approximate surface area is 125 Å². The van der Waals surface area contributed by atoms with Crippen molar-refractivity contribution in [3.63, 3.8) is 0 Å². The minimum absolute atomic E-state index is 0.185. The normalized spacial score (nSPS) is 25.6. The van der Waals surface area contributed by atoms with Gasteiger partial charge in [0.25, 0.3) is 0 Å². The van der Waals surface area contributed by atoms with E-state index in [1.54, 1.807) is 7.11 Å². The SMILES string of the molecule is COc1ccc2c(c1)C(N1CCCC1CC(=O)O)CCC2. The van der Waals surface area contributed by atoms with Crippen LogP contribution in [-0.2, 0) is 11.2 Å². The maximum absolute atomic E-state index is 11.1. The Morgan fingerprint density at radius 2 is 2.24 bits per heavy atom. The summed E-state index contributed by atoms with van der Waals surface area (Å²) in [5, 5.41) is 9.12. The molecule has 114 valence electrons. The minimum Gasteiger partial charge on any atom is -0.497 e. The third-order valence-corrected chi connectivity index (χ3v) is 4.87. The van der Waals surface area contributed by atoms with Crippen LogP contribution in [0.4, 0.5) is 0 Å². The van der Waals surface area contributed by atoms with Crippen molar-refractivity contribution in [1.29, 1.82) is 0 Å². The molecular weight excluding hydrogens is 266 g/mol. The number of carboxylic acid groups (broad SMARTS) is 1. The first-order chi connectivity index (χ1) is 10.2. The molecule has 3 rings (SSSR count). The maximum Gasteiger partial charge on any atom is 0.304 e. The number of benzene rings is 1. The van der Waals surface area contributed by atoms with E-state index in [9.17, 15) is 4.79 Å². The van der Waals surface area contributed by atoms with E-state index in [0.717, 1.165) is 38.0 Å². The van der Waals surface area contributed by atoms with Gasteiger partial charge < -0.3 is 9.84 Å². The first-order valence-electron chi connectivity index (χ1n) is 7.83. The molecule has 1 aromatic rings. The molecule has 1 aliphatic heterocycles. The molecule has 1 saturated heterocycles. The number of fused-ring (bicyclic) bond motifs is 1. The lowest BCUT2D eigenvalue weighted by Crippen LogP contribution is -2.36. The molecule has 1 heterocycles. The monoisotopic (exact) mass is 289 g/mol. The first-order valence-corrected chi connectivity index (χ1v) is 7.83. The van der Waals surface area contributed by atoms with Crippen LogP contribution >= 0.6 is 0 Å². The Hall–Kier alpha value is -1.55. The summed E-state index contributed by atoms with van der Waals surface area (Å²) in [6, 6.07) is 6.89. The maximum atomic E-state index is 11.1. The van der Waals surface area contributed by atoms with Crippen molar-refractivity contribution in [1.82, 2.24) is 4.90 Å². The molecule has 0 amide bonds. The van der Waals surface area contributed by atoms with E-state index in [1.807, 2.05) is 6.07 Å². The average Bonchev–Trinajstić information content (AvgIpc) is 2.93. The standard InChI is InChI=1S/C17H23NO3/c1-21-14-8-7-12-4-2-6-16(15(12)11-14)18-9-3-5-13(18)10-17(19)20/h7-8,11,13,16H,2-6,9-10H2,1H3,(H,19,20). The van der Waals surface area contributed by atoms with Gasteiger partial charge >= 0.3 is 5.97 Å². The van der Waals surface area contributed by atoms with Gasteiger partial charge in [0, 0.05) is 12.1 Å². The van der Waals surface area contributed by atoms with Crippen LogP contribution in [0.15, 0.2) is 18.2 Å². The fourth-order valence-corrected chi connectivity index (χ4v) is 3.91. The lowest BCUT2D eigenvalue weighted by molar-refractivity contribution is -0.138. The van der Waals surface area contributed by atoms with Gasteiger partial charge in [-0.1, -0.05) is 6.07 Å². The lowest BCUT2D eigenvalue weighted by Gasteiger charge is -2.36. The highest BCUT2D eigenvalue weighted by Crippen LogP contribution is 2.40. The summed E-state index contributed by atoms with van der Waals surface area (Å²) < 4.78 is 5.37. The molecule has 4 heteroatoms. The van der Waals surface area contributed by atoms with Crippen LogP contribution < -0.4 is 4.74 Å². The number of carbonyl (C=O) groups is 1. The highest BCUT2D eigenvalue weighted by Gasteiger charge is 2.35. The third-order valence-electron chi connectivity index (χ3n) is 4.87. The zero-order valence-electron chi connectivity index (χ0n) is 12.5. The molecular formula is C17H23NO3. The van der Waals surface area contributed by atoms with Crippen LogP contribution in [0.25, 0.3) is 0 Å². The average molecular weight is 289 g/mol. The van der Waals surface area contributed by atoms with E-state index in [4.69, 9.17) is 9.84 Å². The molecule has 1 fully saturated rings. The van der Waals surface area contributed by atoms with E-state index < -0.39 is 5.97 Å². The molecule has 0 aromatic heterocycles. The van der Waals surface area contributed by atoms with Gasteiger partial charge in [-0.25, -0.2) is 0 Å². The molecule has 0 saturated carbocycles. The molecule has 1 aromatic carbocycles. The molecule has 4 nitrogen and oxygen atoms in total. The van der Waals surface area contributed by atoms with Crippen LogP contribution in [0.2, 0.25) is 0 Å². The van der Waals surface area contributed by atoms with Crippen molar-refractivity contribution in [2.45, 2.75) is 50.6 Å². The summed E-state index contributed by atoms with van der Waals surface area (Å²) in [7, 11) is 1.70. The Morgan fingerprint density at radius 3 is 3.00 bits per heavy atom. The van der Waals surface area contributed by atoms with Crippen molar-refractivity contribution < 1.29 is 14.6 Å². The van der Waals surface area contributed by atoms with Crippen molar-refractivity contribution in [2.75, 3.05) is 13.7 Å². The van der Waals surface area contributed by atoms with Gasteiger partial charge in [-0.3, -0.25) is 9.69 Å². The summed E-state index contributed by atoms with van der Waals surface area (Å²) in [6.45, 7) is 1.01. The Balaban J connectivity index is 1.88. The zero-order chi connectivity index (χ0) is 14.8. The van der Waals surface area contributed by atoms with Crippen molar-refractivity contribution >= 4 is 5.97 Å². The predicted molar refractivity (Wildman–Crippen MR) is 80.7 cm³/mol. The van der Waals surface area contributed by atoms with Gasteiger partial charge in [0.15, 0.2) is 0 Å². The highest BCUT2D eigenvalue weighted by atomic mass is 16.5. The molecule has 0 spiro atoms. The summed E-state index contributed by atoms with van der Waals surface area (Å²) in [4.78, 5) is 13.5. The predicted octanol–water partition coefficient (Wildman–Crippen LogP) is 3.01. The van der Waals surface area contributed by atoms with Crippen molar-refractivity contribution in [3.8, 4) is 5.75 Å². The van der Waals surface area contributed by atoms with E-state index in [0.29, 0.717) is 6.04 Å². The molecule has 0 bridgehead atoms. The molecule has 1 aliphatic carbocycles. The summed E-state index contributed by atoms with van der Waals surface area (Å²) in [5.41, 5.74) is 2.74. The zero-order valence-corrected chi connectivity index (χ0v) is 12.5. The second-order valence-corrected chi connectivity index (χ2v) is 6.10. The summed E-state index contributed by atoms with van der Waals surface area (Å²) in [5.74, 6) is 0.211. The van der Waals surface area contributed by atoms with Gasteiger partial charge in [0.1, 0.15) is 5.75 Å². The number of likely N-dealkylation sites (tertiary alicyclic amines) is 1. The first kappa shape index (κ1) is 14.4. The number of hydrogen-bond donors (Lipinski definition) is 1. The summed E-state index contributed by atoms with van der Waals surface area (Å²) >= 11 is 0. The summed E-state index contributed by atoms with van der Waals surface area (Å²) in [6.07, 6.45) is 5.79.